The van der Waals surface area contributed by atoms with Gasteiger partial charge in [-0.15, -0.1) is 0 Å². The maximum Gasteiger partial charge on any atom is 0.323 e. The second-order valence-electron chi connectivity index (χ2n) is 7.07. The van der Waals surface area contributed by atoms with Gasteiger partial charge in [0.25, 0.3) is 0 Å². The van der Waals surface area contributed by atoms with Crippen molar-refractivity contribution in [2.75, 3.05) is 14.2 Å². The van der Waals surface area contributed by atoms with E-state index < -0.39 is 17.4 Å². The van der Waals surface area contributed by atoms with E-state index in [1.54, 1.807) is 0 Å². The molecule has 0 fully saturated rings. The van der Waals surface area contributed by atoms with Crippen molar-refractivity contribution in [3.8, 4) is 0 Å². The van der Waals surface area contributed by atoms with Crippen LogP contribution < -0.4 is 0 Å². The summed E-state index contributed by atoms with van der Waals surface area (Å²) < 4.78 is 9.72. The molecule has 0 heterocycles. The molecule has 116 valence electrons. The van der Waals surface area contributed by atoms with E-state index in [0.717, 1.165) is 5.57 Å². The Morgan fingerprint density at radius 3 is 2.14 bits per heavy atom. The Balaban J connectivity index is 2.41. The molecule has 0 bridgehead atoms. The molecule has 0 amide bonds. The molecule has 0 saturated carbocycles. The molecule has 21 heavy (non-hydrogen) atoms. The standard InChI is InChI=1S/C17H24O4/c1-10-12-9-17(14(18)20-5,15(19)21-6)8-7-11(12)13(10)16(2,3)4/h7,13H,8-9H2,1-6H3. The number of allylic oxidation sites excluding steroid dienone is 4. The van der Waals surface area contributed by atoms with E-state index in [9.17, 15) is 9.59 Å². The molecule has 0 aromatic rings. The fourth-order valence-corrected chi connectivity index (χ4v) is 3.77. The van der Waals surface area contributed by atoms with Crippen molar-refractivity contribution in [2.45, 2.75) is 40.5 Å². The smallest absolute Gasteiger partial charge is 0.323 e. The van der Waals surface area contributed by atoms with Crippen LogP contribution in [0.15, 0.2) is 22.8 Å². The summed E-state index contributed by atoms with van der Waals surface area (Å²) in [6.45, 7) is 8.72. The van der Waals surface area contributed by atoms with E-state index in [4.69, 9.17) is 9.47 Å². The molecule has 0 N–H and O–H groups in total. The van der Waals surface area contributed by atoms with Gasteiger partial charge >= 0.3 is 11.9 Å². The van der Waals surface area contributed by atoms with Gasteiger partial charge in [0.05, 0.1) is 14.2 Å². The third-order valence-corrected chi connectivity index (χ3v) is 4.74. The first-order chi connectivity index (χ1) is 9.69. The topological polar surface area (TPSA) is 52.6 Å². The third kappa shape index (κ3) is 2.21. The van der Waals surface area contributed by atoms with Gasteiger partial charge in [0.15, 0.2) is 5.41 Å². The molecular weight excluding hydrogens is 268 g/mol. The highest BCUT2D eigenvalue weighted by atomic mass is 16.5. The minimum Gasteiger partial charge on any atom is -0.468 e. The van der Waals surface area contributed by atoms with Crippen molar-refractivity contribution in [1.29, 1.82) is 0 Å². The van der Waals surface area contributed by atoms with Crippen LogP contribution in [0.25, 0.3) is 0 Å². The molecule has 0 spiro atoms. The van der Waals surface area contributed by atoms with Crippen molar-refractivity contribution < 1.29 is 19.1 Å². The van der Waals surface area contributed by atoms with Gasteiger partial charge in [-0.1, -0.05) is 32.4 Å². The van der Waals surface area contributed by atoms with Crippen LogP contribution in [-0.4, -0.2) is 26.2 Å². The number of hydrogen-bond acceptors (Lipinski definition) is 4. The zero-order valence-corrected chi connectivity index (χ0v) is 13.7. The summed E-state index contributed by atoms with van der Waals surface area (Å²) in [5, 5.41) is 0. The fraction of sp³-hybridized carbons (Fsp3) is 0.647. The first-order valence-electron chi connectivity index (χ1n) is 7.26. The van der Waals surface area contributed by atoms with Crippen molar-refractivity contribution in [3.63, 3.8) is 0 Å². The van der Waals surface area contributed by atoms with Crippen molar-refractivity contribution in [3.05, 3.63) is 22.8 Å². The van der Waals surface area contributed by atoms with Crippen LogP contribution in [0.4, 0.5) is 0 Å². The largest absolute Gasteiger partial charge is 0.468 e. The molecule has 0 aromatic heterocycles. The minimum absolute atomic E-state index is 0.149. The van der Waals surface area contributed by atoms with E-state index in [1.165, 1.54) is 25.4 Å². The van der Waals surface area contributed by atoms with E-state index >= 15 is 0 Å². The predicted molar refractivity (Wildman–Crippen MR) is 79.4 cm³/mol. The number of carbonyl (C=O) groups excluding carboxylic acids is 2. The summed E-state index contributed by atoms with van der Waals surface area (Å²) in [5.74, 6) is -0.617. The van der Waals surface area contributed by atoms with E-state index in [1.807, 2.05) is 6.08 Å². The van der Waals surface area contributed by atoms with Crippen LogP contribution in [0, 0.1) is 16.7 Å². The SMILES string of the molecule is COC(=O)C1(C(=O)OC)CC=C2C(=C(C)C2C(C)(C)C)C1. The Morgan fingerprint density at radius 2 is 1.71 bits per heavy atom. The third-order valence-electron chi connectivity index (χ3n) is 4.74. The monoisotopic (exact) mass is 292 g/mol. The second kappa shape index (κ2) is 5.00. The zero-order valence-electron chi connectivity index (χ0n) is 13.7. The van der Waals surface area contributed by atoms with E-state index in [0.29, 0.717) is 18.8 Å². The summed E-state index contributed by atoms with van der Waals surface area (Å²) in [4.78, 5) is 24.4. The van der Waals surface area contributed by atoms with Crippen molar-refractivity contribution in [2.24, 2.45) is 16.7 Å². The molecule has 0 aliphatic heterocycles. The Morgan fingerprint density at radius 1 is 1.19 bits per heavy atom. The lowest BCUT2D eigenvalue weighted by Crippen LogP contribution is -2.46. The van der Waals surface area contributed by atoms with Gasteiger partial charge in [-0.2, -0.15) is 0 Å². The summed E-state index contributed by atoms with van der Waals surface area (Å²) in [5.41, 5.74) is 2.61. The number of methoxy groups -OCH3 is 2. The quantitative estimate of drug-likeness (QED) is 0.580. The lowest BCUT2D eigenvalue weighted by molar-refractivity contribution is -0.169. The highest BCUT2D eigenvalue weighted by molar-refractivity contribution is 6.01. The lowest BCUT2D eigenvalue weighted by atomic mass is 9.56. The predicted octanol–water partition coefficient (Wildman–Crippen LogP) is 3.03. The van der Waals surface area contributed by atoms with Crippen LogP contribution in [0.2, 0.25) is 0 Å². The van der Waals surface area contributed by atoms with Crippen LogP contribution >= 0.6 is 0 Å². The molecule has 1 unspecified atom stereocenters. The van der Waals surface area contributed by atoms with Gasteiger partial charge in [-0.3, -0.25) is 9.59 Å². The number of rotatable bonds is 2. The maximum atomic E-state index is 12.2. The number of carbonyl (C=O) groups is 2. The molecule has 2 aliphatic carbocycles. The number of hydrogen-bond donors (Lipinski definition) is 0. The Labute approximate surface area is 126 Å². The molecular formula is C17H24O4. The fourth-order valence-electron chi connectivity index (χ4n) is 3.77. The van der Waals surface area contributed by atoms with Gasteiger partial charge in [0.1, 0.15) is 0 Å². The number of fused-ring (bicyclic) bond motifs is 1. The highest BCUT2D eigenvalue weighted by Gasteiger charge is 2.54. The van der Waals surface area contributed by atoms with Gasteiger partial charge < -0.3 is 9.47 Å². The molecule has 2 rings (SSSR count). The lowest BCUT2D eigenvalue weighted by Gasteiger charge is -2.48. The van der Waals surface area contributed by atoms with Crippen molar-refractivity contribution >= 4 is 11.9 Å². The van der Waals surface area contributed by atoms with Crippen LogP contribution in [-0.2, 0) is 19.1 Å². The molecule has 0 aromatic carbocycles. The summed E-state index contributed by atoms with van der Waals surface area (Å²) in [6, 6.07) is 0. The van der Waals surface area contributed by atoms with Gasteiger partial charge in [-0.05, 0) is 36.3 Å². The maximum absolute atomic E-state index is 12.2. The number of esters is 2. The molecule has 2 aliphatic rings. The average molecular weight is 292 g/mol. The molecule has 4 nitrogen and oxygen atoms in total. The molecule has 0 radical (unpaired) electrons. The minimum atomic E-state index is -1.22. The molecule has 0 saturated heterocycles. The normalized spacial score (nSPS) is 23.7. The first-order valence-corrected chi connectivity index (χ1v) is 7.26. The average Bonchev–Trinajstić information content (AvgIpc) is 2.43. The van der Waals surface area contributed by atoms with Crippen LogP contribution in [0.3, 0.4) is 0 Å². The Bertz CT molecular complexity index is 530. The van der Waals surface area contributed by atoms with Crippen molar-refractivity contribution in [1.82, 2.24) is 0 Å². The molecule has 1 atom stereocenters. The van der Waals surface area contributed by atoms with Crippen LogP contribution in [0.1, 0.15) is 40.5 Å². The highest BCUT2D eigenvalue weighted by Crippen LogP contribution is 2.56. The van der Waals surface area contributed by atoms with Gasteiger partial charge in [0.2, 0.25) is 0 Å². The summed E-state index contributed by atoms with van der Waals surface area (Å²) >= 11 is 0. The van der Waals surface area contributed by atoms with E-state index in [-0.39, 0.29) is 5.41 Å². The zero-order chi connectivity index (χ0) is 16.0. The van der Waals surface area contributed by atoms with Gasteiger partial charge in [0, 0.05) is 5.92 Å². The summed E-state index contributed by atoms with van der Waals surface area (Å²) in [7, 11) is 2.62. The molecule has 4 heteroatoms. The first kappa shape index (κ1) is 15.8. The second-order valence-corrected chi connectivity index (χ2v) is 7.07. The number of ether oxygens (including phenoxy) is 2. The van der Waals surface area contributed by atoms with Crippen LogP contribution in [0.5, 0.6) is 0 Å². The Hall–Kier alpha value is -1.58. The van der Waals surface area contributed by atoms with Gasteiger partial charge in [-0.25, -0.2) is 0 Å². The summed E-state index contributed by atoms with van der Waals surface area (Å²) in [6.07, 6.45) is 2.76. The Kier molecular flexibility index (Phi) is 3.77. The van der Waals surface area contributed by atoms with E-state index in [2.05, 4.69) is 27.7 Å².